The molecule has 0 spiro atoms. The molecular weight excluding hydrogens is 609 g/mol. The van der Waals surface area contributed by atoms with E-state index in [1.807, 2.05) is 0 Å². The van der Waals surface area contributed by atoms with E-state index in [0.717, 1.165) is 30.0 Å². The van der Waals surface area contributed by atoms with Gasteiger partial charge in [-0.15, -0.1) is 0 Å². The van der Waals surface area contributed by atoms with Gasteiger partial charge in [-0.1, -0.05) is 43.5 Å². The van der Waals surface area contributed by atoms with Crippen LogP contribution in [0.5, 0.6) is 11.5 Å². The van der Waals surface area contributed by atoms with Gasteiger partial charge in [0.1, 0.15) is 18.4 Å². The predicted octanol–water partition coefficient (Wildman–Crippen LogP) is 5.56. The molecule has 0 unspecified atom stereocenters. The molecule has 1 saturated carbocycles. The summed E-state index contributed by atoms with van der Waals surface area (Å²) in [5, 5.41) is 3.45. The third-order valence-corrected chi connectivity index (χ3v) is 9.71. The van der Waals surface area contributed by atoms with Gasteiger partial charge >= 0.3 is 0 Å². The van der Waals surface area contributed by atoms with Gasteiger partial charge in [0.2, 0.25) is 11.8 Å². The second kappa shape index (κ2) is 14.8. The lowest BCUT2D eigenvalue weighted by molar-refractivity contribution is -0.140. The SMILES string of the molecule is CC[C@@H](C(=O)NC1CCCC1)N(Cc1ccc(F)cc1)C(=O)CN(c1ccc(Cl)cc1)S(=O)(=O)c1ccc(OC)c(OC)c1. The Morgan fingerprint density at radius 1 is 0.977 bits per heavy atom. The summed E-state index contributed by atoms with van der Waals surface area (Å²) in [5.41, 5.74) is 0.787. The fourth-order valence-electron chi connectivity index (χ4n) is 5.31. The first-order valence-electron chi connectivity index (χ1n) is 14.4. The minimum Gasteiger partial charge on any atom is -0.493 e. The molecule has 9 nitrogen and oxygen atoms in total. The molecule has 4 rings (SSSR count). The van der Waals surface area contributed by atoms with Gasteiger partial charge in [-0.3, -0.25) is 13.9 Å². The fourth-order valence-corrected chi connectivity index (χ4v) is 6.87. The van der Waals surface area contributed by atoms with E-state index in [2.05, 4.69) is 5.32 Å². The van der Waals surface area contributed by atoms with Crippen molar-refractivity contribution in [2.75, 3.05) is 25.1 Å². The first kappa shape index (κ1) is 33.1. The van der Waals surface area contributed by atoms with Crippen molar-refractivity contribution >= 4 is 39.1 Å². The summed E-state index contributed by atoms with van der Waals surface area (Å²) in [5.74, 6) is -0.821. The molecule has 3 aromatic rings. The number of carbonyl (C=O) groups is 2. The molecule has 0 aromatic heterocycles. The Bertz CT molecular complexity index is 1550. The molecule has 0 saturated heterocycles. The van der Waals surface area contributed by atoms with Crippen LogP contribution in [-0.4, -0.2) is 58.0 Å². The van der Waals surface area contributed by atoms with E-state index in [1.54, 1.807) is 6.92 Å². The molecule has 1 N–H and O–H groups in total. The van der Waals surface area contributed by atoms with Crippen LogP contribution in [-0.2, 0) is 26.2 Å². The summed E-state index contributed by atoms with van der Waals surface area (Å²) in [4.78, 5) is 29.0. The Hall–Kier alpha value is -3.83. The van der Waals surface area contributed by atoms with Crippen molar-refractivity contribution in [3.8, 4) is 11.5 Å². The maximum atomic E-state index is 14.2. The molecule has 0 radical (unpaired) electrons. The van der Waals surface area contributed by atoms with Crippen LogP contribution in [0.25, 0.3) is 0 Å². The molecule has 1 aliphatic rings. The molecule has 236 valence electrons. The molecule has 44 heavy (non-hydrogen) atoms. The van der Waals surface area contributed by atoms with Crippen LogP contribution in [0.4, 0.5) is 10.1 Å². The van der Waals surface area contributed by atoms with Crippen molar-refractivity contribution in [2.24, 2.45) is 0 Å². The van der Waals surface area contributed by atoms with Crippen molar-refractivity contribution in [3.05, 3.63) is 83.1 Å². The molecule has 12 heteroatoms. The Balaban J connectivity index is 1.73. The number of hydrogen-bond acceptors (Lipinski definition) is 6. The lowest BCUT2D eigenvalue weighted by atomic mass is 10.1. The average molecular weight is 646 g/mol. The first-order chi connectivity index (χ1) is 21.1. The van der Waals surface area contributed by atoms with Crippen LogP contribution in [0.1, 0.15) is 44.6 Å². The van der Waals surface area contributed by atoms with Gasteiger partial charge in [0.25, 0.3) is 10.0 Å². The number of nitrogens with one attached hydrogen (secondary N) is 1. The normalized spacial score (nSPS) is 14.1. The summed E-state index contributed by atoms with van der Waals surface area (Å²) < 4.78 is 53.6. The zero-order valence-corrected chi connectivity index (χ0v) is 26.5. The Kier molecular flexibility index (Phi) is 11.1. The molecule has 0 bridgehead atoms. The molecule has 3 aromatic carbocycles. The lowest BCUT2D eigenvalue weighted by Crippen LogP contribution is -2.53. The topological polar surface area (TPSA) is 105 Å². The van der Waals surface area contributed by atoms with Gasteiger partial charge in [0, 0.05) is 23.7 Å². The number of hydrogen-bond donors (Lipinski definition) is 1. The van der Waals surface area contributed by atoms with E-state index in [4.69, 9.17) is 21.1 Å². The number of halogens is 2. The monoisotopic (exact) mass is 645 g/mol. The largest absolute Gasteiger partial charge is 0.493 e. The van der Waals surface area contributed by atoms with E-state index in [0.29, 0.717) is 16.3 Å². The molecule has 0 heterocycles. The number of ether oxygens (including phenoxy) is 2. The first-order valence-corrected chi connectivity index (χ1v) is 16.2. The van der Waals surface area contributed by atoms with Gasteiger partial charge in [0.05, 0.1) is 24.8 Å². The maximum absolute atomic E-state index is 14.2. The molecule has 2 amide bonds. The lowest BCUT2D eigenvalue weighted by Gasteiger charge is -2.33. The minimum atomic E-state index is -4.35. The van der Waals surface area contributed by atoms with E-state index in [-0.39, 0.29) is 41.2 Å². The van der Waals surface area contributed by atoms with Gasteiger partial charge < -0.3 is 19.7 Å². The van der Waals surface area contributed by atoms with Crippen molar-refractivity contribution in [2.45, 2.75) is 62.6 Å². The molecule has 0 aliphatic heterocycles. The van der Waals surface area contributed by atoms with Gasteiger partial charge in [-0.05, 0) is 73.4 Å². The third-order valence-electron chi connectivity index (χ3n) is 7.69. The number of carbonyl (C=O) groups excluding carboxylic acids is 2. The predicted molar refractivity (Wildman–Crippen MR) is 167 cm³/mol. The van der Waals surface area contributed by atoms with Gasteiger partial charge in [-0.25, -0.2) is 12.8 Å². The van der Waals surface area contributed by atoms with E-state index < -0.39 is 34.3 Å². The molecule has 1 aliphatic carbocycles. The van der Waals surface area contributed by atoms with Gasteiger partial charge in [0.15, 0.2) is 11.5 Å². The summed E-state index contributed by atoms with van der Waals surface area (Å²) >= 11 is 6.10. The number of methoxy groups -OCH3 is 2. The Morgan fingerprint density at radius 2 is 1.61 bits per heavy atom. The quantitative estimate of drug-likeness (QED) is 0.261. The number of anilines is 1. The zero-order valence-electron chi connectivity index (χ0n) is 25.0. The zero-order chi connectivity index (χ0) is 31.9. The van der Waals surface area contributed by atoms with E-state index in [9.17, 15) is 22.4 Å². The summed E-state index contributed by atoms with van der Waals surface area (Å²) in [7, 11) is -1.52. The van der Waals surface area contributed by atoms with Crippen LogP contribution >= 0.6 is 11.6 Å². The molecular formula is C32H37ClFN3O6S. The number of benzene rings is 3. The van der Waals surface area contributed by atoms with Crippen molar-refractivity contribution < 1.29 is 31.9 Å². The third kappa shape index (κ3) is 7.81. The van der Waals surface area contributed by atoms with Crippen LogP contribution < -0.4 is 19.1 Å². The van der Waals surface area contributed by atoms with Gasteiger partial charge in [-0.2, -0.15) is 0 Å². The molecule has 1 atom stereocenters. The second-order valence-corrected chi connectivity index (χ2v) is 12.9. The minimum absolute atomic E-state index is 0.0234. The highest BCUT2D eigenvalue weighted by atomic mass is 35.5. The van der Waals surface area contributed by atoms with Crippen molar-refractivity contribution in [1.82, 2.24) is 10.2 Å². The average Bonchev–Trinajstić information content (AvgIpc) is 3.53. The van der Waals surface area contributed by atoms with Crippen molar-refractivity contribution in [1.29, 1.82) is 0 Å². The maximum Gasteiger partial charge on any atom is 0.264 e. The number of nitrogens with zero attached hydrogens (tertiary/aromatic N) is 2. The van der Waals surface area contributed by atoms with Crippen molar-refractivity contribution in [3.63, 3.8) is 0 Å². The summed E-state index contributed by atoms with van der Waals surface area (Å²) in [6.45, 7) is 1.15. The Labute approximate surface area is 262 Å². The summed E-state index contributed by atoms with van der Waals surface area (Å²) in [6, 6.07) is 15.0. The Morgan fingerprint density at radius 3 is 2.20 bits per heavy atom. The number of sulfonamides is 1. The van der Waals surface area contributed by atoms with E-state index >= 15 is 0 Å². The van der Waals surface area contributed by atoms with E-state index in [1.165, 1.54) is 85.8 Å². The summed E-state index contributed by atoms with van der Waals surface area (Å²) in [6.07, 6.45) is 4.05. The van der Waals surface area contributed by atoms with Crippen LogP contribution in [0, 0.1) is 5.82 Å². The fraction of sp³-hybridized carbons (Fsp3) is 0.375. The molecule has 1 fully saturated rings. The highest BCUT2D eigenvalue weighted by Crippen LogP contribution is 2.33. The number of amides is 2. The van der Waals surface area contributed by atoms with Crippen LogP contribution in [0.2, 0.25) is 5.02 Å². The number of rotatable bonds is 13. The smallest absolute Gasteiger partial charge is 0.264 e. The van der Waals surface area contributed by atoms with Crippen LogP contribution in [0.15, 0.2) is 71.6 Å². The highest BCUT2D eigenvalue weighted by Gasteiger charge is 2.35. The van der Waals surface area contributed by atoms with Crippen LogP contribution in [0.3, 0.4) is 0 Å². The second-order valence-electron chi connectivity index (χ2n) is 10.6. The standard InChI is InChI=1S/C32H37ClFN3O6S/c1-4-28(32(39)35-25-7-5-6-8-25)36(20-22-9-13-24(34)14-10-22)31(38)21-37(26-15-11-23(33)12-16-26)44(40,41)27-17-18-29(42-2)30(19-27)43-3/h9-19,25,28H,4-8,20-21H2,1-3H3,(H,35,39)/t28-/m0/s1. The highest BCUT2D eigenvalue weighted by molar-refractivity contribution is 7.92.